The fourth-order valence-electron chi connectivity index (χ4n) is 2.04. The summed E-state index contributed by atoms with van der Waals surface area (Å²) in [6.07, 6.45) is 0. The molecule has 0 saturated carbocycles. The van der Waals surface area contributed by atoms with E-state index >= 15 is 0 Å². The van der Waals surface area contributed by atoms with Crippen LogP contribution in [0.3, 0.4) is 0 Å². The lowest BCUT2D eigenvalue weighted by molar-refractivity contribution is -0.135. The number of hydrogen-bond donors (Lipinski definition) is 0. The van der Waals surface area contributed by atoms with E-state index in [-0.39, 0.29) is 12.5 Å². The highest BCUT2D eigenvalue weighted by atomic mass is 16.5. The minimum Gasteiger partial charge on any atom is -0.452 e. The molecular formula is C17H25NO3. The van der Waals surface area contributed by atoms with E-state index < -0.39 is 5.97 Å². The first-order valence-electron chi connectivity index (χ1n) is 7.40. The maximum Gasteiger partial charge on any atom is 0.338 e. The van der Waals surface area contributed by atoms with E-state index in [2.05, 4.69) is 27.7 Å². The molecule has 0 spiro atoms. The molecule has 1 aromatic rings. The molecule has 0 radical (unpaired) electrons. The van der Waals surface area contributed by atoms with Crippen molar-refractivity contribution >= 4 is 11.9 Å². The lowest BCUT2D eigenvalue weighted by Gasteiger charge is -2.26. The molecule has 0 unspecified atom stereocenters. The maximum atomic E-state index is 12.2. The Bertz CT molecular complexity index is 444. The third-order valence-corrected chi connectivity index (χ3v) is 2.86. The number of ether oxygens (including phenoxy) is 1. The van der Waals surface area contributed by atoms with E-state index in [0.717, 1.165) is 0 Å². The van der Waals surface area contributed by atoms with Crippen molar-refractivity contribution in [1.82, 2.24) is 4.90 Å². The van der Waals surface area contributed by atoms with E-state index in [0.29, 0.717) is 30.5 Å². The largest absolute Gasteiger partial charge is 0.452 e. The first kappa shape index (κ1) is 17.2. The first-order valence-corrected chi connectivity index (χ1v) is 7.40. The highest BCUT2D eigenvalue weighted by Crippen LogP contribution is 2.06. The number of benzene rings is 1. The molecule has 0 aliphatic heterocycles. The van der Waals surface area contributed by atoms with Crippen LogP contribution in [0.4, 0.5) is 0 Å². The van der Waals surface area contributed by atoms with Crippen LogP contribution in [0.15, 0.2) is 30.3 Å². The number of esters is 1. The molecule has 0 fully saturated rings. The average Bonchev–Trinajstić information content (AvgIpc) is 2.43. The topological polar surface area (TPSA) is 46.6 Å². The molecule has 0 saturated heterocycles. The molecule has 0 aliphatic carbocycles. The van der Waals surface area contributed by atoms with Crippen LogP contribution in [0.1, 0.15) is 38.1 Å². The summed E-state index contributed by atoms with van der Waals surface area (Å²) in [5.41, 5.74) is 0.463. The summed E-state index contributed by atoms with van der Waals surface area (Å²) >= 11 is 0. The van der Waals surface area contributed by atoms with Crippen molar-refractivity contribution < 1.29 is 14.3 Å². The van der Waals surface area contributed by atoms with E-state index in [1.807, 2.05) is 6.07 Å². The summed E-state index contributed by atoms with van der Waals surface area (Å²) in [6.45, 7) is 9.42. The van der Waals surface area contributed by atoms with Crippen LogP contribution in [-0.4, -0.2) is 36.5 Å². The number of carbonyl (C=O) groups excluding carboxylic acids is 2. The van der Waals surface area contributed by atoms with E-state index in [9.17, 15) is 9.59 Å². The number of hydrogen-bond acceptors (Lipinski definition) is 3. The molecule has 0 aromatic heterocycles. The van der Waals surface area contributed by atoms with Crippen molar-refractivity contribution in [1.29, 1.82) is 0 Å². The number of amides is 1. The van der Waals surface area contributed by atoms with Gasteiger partial charge in [0.1, 0.15) is 0 Å². The van der Waals surface area contributed by atoms with Gasteiger partial charge >= 0.3 is 5.97 Å². The van der Waals surface area contributed by atoms with Gasteiger partial charge in [-0.15, -0.1) is 0 Å². The predicted molar refractivity (Wildman–Crippen MR) is 83.0 cm³/mol. The van der Waals surface area contributed by atoms with Crippen LogP contribution in [-0.2, 0) is 9.53 Å². The normalized spacial score (nSPS) is 10.8. The molecule has 0 aliphatic rings. The lowest BCUT2D eigenvalue weighted by Crippen LogP contribution is -2.39. The highest BCUT2D eigenvalue weighted by molar-refractivity contribution is 5.91. The minimum absolute atomic E-state index is 0.137. The molecule has 0 bridgehead atoms. The number of nitrogens with zero attached hydrogens (tertiary/aromatic N) is 1. The average molecular weight is 291 g/mol. The molecule has 1 rings (SSSR count). The summed E-state index contributed by atoms with van der Waals surface area (Å²) in [7, 11) is 0. The van der Waals surface area contributed by atoms with Crippen molar-refractivity contribution in [2.45, 2.75) is 27.7 Å². The van der Waals surface area contributed by atoms with Crippen molar-refractivity contribution in [3.8, 4) is 0 Å². The van der Waals surface area contributed by atoms with Crippen LogP contribution in [0.5, 0.6) is 0 Å². The van der Waals surface area contributed by atoms with Crippen LogP contribution < -0.4 is 0 Å². The lowest BCUT2D eigenvalue weighted by atomic mass is 10.1. The van der Waals surface area contributed by atoms with Crippen molar-refractivity contribution in [3.63, 3.8) is 0 Å². The molecule has 4 nitrogen and oxygen atoms in total. The molecule has 1 amide bonds. The van der Waals surface area contributed by atoms with Gasteiger partial charge < -0.3 is 9.64 Å². The van der Waals surface area contributed by atoms with Gasteiger partial charge in [0.2, 0.25) is 0 Å². The van der Waals surface area contributed by atoms with Crippen molar-refractivity contribution in [2.75, 3.05) is 19.7 Å². The fourth-order valence-corrected chi connectivity index (χ4v) is 2.04. The monoisotopic (exact) mass is 291 g/mol. The van der Waals surface area contributed by atoms with E-state index in [4.69, 9.17) is 4.74 Å². The summed E-state index contributed by atoms with van der Waals surface area (Å²) in [5, 5.41) is 0. The molecular weight excluding hydrogens is 266 g/mol. The Balaban J connectivity index is 2.55. The van der Waals surface area contributed by atoms with Gasteiger partial charge in [-0.25, -0.2) is 4.79 Å². The molecule has 1 aromatic carbocycles. The molecule has 116 valence electrons. The third kappa shape index (κ3) is 6.43. The van der Waals surface area contributed by atoms with E-state index in [1.165, 1.54) is 0 Å². The Kier molecular flexibility index (Phi) is 6.92. The smallest absolute Gasteiger partial charge is 0.338 e. The molecule has 0 heterocycles. The molecule has 0 N–H and O–H groups in total. The van der Waals surface area contributed by atoms with Gasteiger partial charge in [0.25, 0.3) is 5.91 Å². The molecule has 21 heavy (non-hydrogen) atoms. The van der Waals surface area contributed by atoms with Gasteiger partial charge in [0, 0.05) is 13.1 Å². The minimum atomic E-state index is -0.460. The molecule has 4 heteroatoms. The van der Waals surface area contributed by atoms with Crippen molar-refractivity contribution in [2.24, 2.45) is 11.8 Å². The zero-order chi connectivity index (χ0) is 15.8. The Labute approximate surface area is 127 Å². The third-order valence-electron chi connectivity index (χ3n) is 2.86. The zero-order valence-corrected chi connectivity index (χ0v) is 13.3. The molecule has 0 atom stereocenters. The van der Waals surface area contributed by atoms with Gasteiger partial charge in [-0.3, -0.25) is 4.79 Å². The fraction of sp³-hybridized carbons (Fsp3) is 0.529. The van der Waals surface area contributed by atoms with Gasteiger partial charge in [0.15, 0.2) is 6.61 Å². The summed E-state index contributed by atoms with van der Waals surface area (Å²) in [5.74, 6) is 0.176. The van der Waals surface area contributed by atoms with Crippen LogP contribution in [0.2, 0.25) is 0 Å². The van der Waals surface area contributed by atoms with Crippen LogP contribution in [0.25, 0.3) is 0 Å². The SMILES string of the molecule is CC(C)CN(CC(C)C)C(=O)COC(=O)c1ccccc1. The van der Waals surface area contributed by atoms with Crippen LogP contribution in [0, 0.1) is 11.8 Å². The summed E-state index contributed by atoms with van der Waals surface area (Å²) in [4.78, 5) is 25.8. The predicted octanol–water partition coefficient (Wildman–Crippen LogP) is 2.98. The second-order valence-electron chi connectivity index (χ2n) is 6.03. The van der Waals surface area contributed by atoms with Gasteiger partial charge in [0.05, 0.1) is 5.56 Å². The van der Waals surface area contributed by atoms with Gasteiger partial charge in [-0.05, 0) is 24.0 Å². The summed E-state index contributed by atoms with van der Waals surface area (Å²) < 4.78 is 5.10. The summed E-state index contributed by atoms with van der Waals surface area (Å²) in [6, 6.07) is 8.71. The van der Waals surface area contributed by atoms with Crippen LogP contribution >= 0.6 is 0 Å². The second kappa shape index (κ2) is 8.45. The standard InChI is InChI=1S/C17H25NO3/c1-13(2)10-18(11-14(3)4)16(19)12-21-17(20)15-8-6-5-7-9-15/h5-9,13-14H,10-12H2,1-4H3. The van der Waals surface area contributed by atoms with Crippen molar-refractivity contribution in [3.05, 3.63) is 35.9 Å². The van der Waals surface area contributed by atoms with Gasteiger partial charge in [-0.1, -0.05) is 45.9 Å². The second-order valence-corrected chi connectivity index (χ2v) is 6.03. The van der Waals surface area contributed by atoms with E-state index in [1.54, 1.807) is 29.2 Å². The Hall–Kier alpha value is -1.84. The zero-order valence-electron chi connectivity index (χ0n) is 13.3. The number of rotatable bonds is 7. The quantitative estimate of drug-likeness (QED) is 0.726. The van der Waals surface area contributed by atoms with Gasteiger partial charge in [-0.2, -0.15) is 0 Å². The highest BCUT2D eigenvalue weighted by Gasteiger charge is 2.18. The Morgan fingerprint density at radius 3 is 2.00 bits per heavy atom. The first-order chi connectivity index (χ1) is 9.90. The Morgan fingerprint density at radius 2 is 1.52 bits per heavy atom. The Morgan fingerprint density at radius 1 is 1.00 bits per heavy atom. The maximum absolute atomic E-state index is 12.2. The number of carbonyl (C=O) groups is 2.